The molecule has 1 fully saturated rings. The van der Waals surface area contributed by atoms with Gasteiger partial charge < -0.3 is 5.73 Å². The summed E-state index contributed by atoms with van der Waals surface area (Å²) in [5, 5.41) is 0. The summed E-state index contributed by atoms with van der Waals surface area (Å²) in [5.74, 6) is 0. The Kier molecular flexibility index (Phi) is 5.87. The number of hydrogen-bond acceptors (Lipinski definition) is 2. The second-order valence-corrected chi connectivity index (χ2v) is 5.74. The first-order chi connectivity index (χ1) is 9.33. The highest BCUT2D eigenvalue weighted by molar-refractivity contribution is 5.22. The van der Waals surface area contributed by atoms with Gasteiger partial charge in [-0.1, -0.05) is 44.0 Å². The Balaban J connectivity index is 1.97. The molecule has 106 valence electrons. The van der Waals surface area contributed by atoms with Crippen LogP contribution < -0.4 is 5.73 Å². The van der Waals surface area contributed by atoms with Crippen molar-refractivity contribution in [3.63, 3.8) is 0 Å². The maximum atomic E-state index is 5.59. The van der Waals surface area contributed by atoms with E-state index in [1.54, 1.807) is 0 Å². The fourth-order valence-corrected chi connectivity index (χ4v) is 3.12. The molecule has 1 aromatic carbocycles. The van der Waals surface area contributed by atoms with Crippen molar-refractivity contribution >= 4 is 0 Å². The fourth-order valence-electron chi connectivity index (χ4n) is 3.12. The molecular formula is C17H28N2. The molecule has 0 saturated carbocycles. The zero-order valence-corrected chi connectivity index (χ0v) is 12.3. The lowest BCUT2D eigenvalue weighted by Crippen LogP contribution is -2.33. The predicted molar refractivity (Wildman–Crippen MR) is 82.2 cm³/mol. The van der Waals surface area contributed by atoms with E-state index in [1.165, 1.54) is 49.8 Å². The first kappa shape index (κ1) is 14.5. The van der Waals surface area contributed by atoms with E-state index in [4.69, 9.17) is 5.73 Å². The third-order valence-corrected chi connectivity index (χ3v) is 4.31. The quantitative estimate of drug-likeness (QED) is 0.880. The van der Waals surface area contributed by atoms with Gasteiger partial charge in [0.05, 0.1) is 0 Å². The molecule has 1 heterocycles. The number of hydrogen-bond donors (Lipinski definition) is 1. The predicted octanol–water partition coefficient (Wildman–Crippen LogP) is 3.34. The van der Waals surface area contributed by atoms with Crippen molar-refractivity contribution in [2.24, 2.45) is 5.73 Å². The topological polar surface area (TPSA) is 29.3 Å². The zero-order valence-electron chi connectivity index (χ0n) is 12.3. The molecule has 0 bridgehead atoms. The van der Waals surface area contributed by atoms with Crippen LogP contribution in [0.3, 0.4) is 0 Å². The molecule has 1 aliphatic rings. The summed E-state index contributed by atoms with van der Waals surface area (Å²) >= 11 is 0. The fraction of sp³-hybridized carbons (Fsp3) is 0.647. The van der Waals surface area contributed by atoms with Gasteiger partial charge in [-0.15, -0.1) is 0 Å². The van der Waals surface area contributed by atoms with Crippen LogP contribution in [0.1, 0.15) is 50.2 Å². The van der Waals surface area contributed by atoms with Crippen LogP contribution in [-0.4, -0.2) is 24.0 Å². The van der Waals surface area contributed by atoms with Crippen LogP contribution in [0, 0.1) is 0 Å². The molecule has 2 heteroatoms. The van der Waals surface area contributed by atoms with Gasteiger partial charge in [0.15, 0.2) is 0 Å². The summed E-state index contributed by atoms with van der Waals surface area (Å²) in [6.07, 6.45) is 7.82. The van der Waals surface area contributed by atoms with Crippen LogP contribution >= 0.6 is 0 Å². The van der Waals surface area contributed by atoms with Gasteiger partial charge in [0.2, 0.25) is 0 Å². The van der Waals surface area contributed by atoms with Gasteiger partial charge >= 0.3 is 0 Å². The molecule has 1 saturated heterocycles. The third kappa shape index (κ3) is 4.32. The van der Waals surface area contributed by atoms with E-state index in [0.717, 1.165) is 25.6 Å². The standard InChI is InChI=1S/C17H28N2/c1-2-17-6-4-3-5-13-19(17)14-16-9-7-15(8-10-16)11-12-18/h7-10,17H,2-6,11-14,18H2,1H3. The molecule has 19 heavy (non-hydrogen) atoms. The van der Waals surface area contributed by atoms with E-state index >= 15 is 0 Å². The number of likely N-dealkylation sites (tertiary alicyclic amines) is 1. The Bertz CT molecular complexity index is 358. The molecule has 1 atom stereocenters. The summed E-state index contributed by atoms with van der Waals surface area (Å²) in [4.78, 5) is 2.69. The Morgan fingerprint density at radius 2 is 1.84 bits per heavy atom. The second kappa shape index (κ2) is 7.66. The molecule has 0 aromatic heterocycles. The molecule has 2 rings (SSSR count). The Labute approximate surface area is 118 Å². The highest BCUT2D eigenvalue weighted by atomic mass is 15.1. The minimum absolute atomic E-state index is 0.739. The van der Waals surface area contributed by atoms with Crippen molar-refractivity contribution < 1.29 is 0 Å². The number of nitrogens with two attached hydrogens (primary N) is 1. The van der Waals surface area contributed by atoms with Crippen molar-refractivity contribution in [3.8, 4) is 0 Å². The van der Waals surface area contributed by atoms with E-state index in [1.807, 2.05) is 0 Å². The maximum Gasteiger partial charge on any atom is 0.0236 e. The van der Waals surface area contributed by atoms with Gasteiger partial charge in [0.1, 0.15) is 0 Å². The molecule has 1 aromatic rings. The van der Waals surface area contributed by atoms with Gasteiger partial charge in [0, 0.05) is 12.6 Å². The molecule has 0 radical (unpaired) electrons. The lowest BCUT2D eigenvalue weighted by molar-refractivity contribution is 0.186. The molecule has 1 aliphatic heterocycles. The van der Waals surface area contributed by atoms with E-state index < -0.39 is 0 Å². The molecule has 0 amide bonds. The molecule has 2 nitrogen and oxygen atoms in total. The summed E-state index contributed by atoms with van der Waals surface area (Å²) in [5.41, 5.74) is 8.39. The minimum Gasteiger partial charge on any atom is -0.330 e. The summed E-state index contributed by atoms with van der Waals surface area (Å²) < 4.78 is 0. The van der Waals surface area contributed by atoms with Crippen molar-refractivity contribution in [2.45, 2.75) is 58.0 Å². The summed E-state index contributed by atoms with van der Waals surface area (Å²) in [6.45, 7) is 5.45. The van der Waals surface area contributed by atoms with Gasteiger partial charge in [-0.05, 0) is 49.9 Å². The highest BCUT2D eigenvalue weighted by Crippen LogP contribution is 2.21. The molecular weight excluding hydrogens is 232 g/mol. The van der Waals surface area contributed by atoms with Gasteiger partial charge in [-0.3, -0.25) is 4.90 Å². The van der Waals surface area contributed by atoms with Crippen molar-refractivity contribution in [1.29, 1.82) is 0 Å². The lowest BCUT2D eigenvalue weighted by Gasteiger charge is -2.29. The maximum absolute atomic E-state index is 5.59. The van der Waals surface area contributed by atoms with Crippen LogP contribution in [0.5, 0.6) is 0 Å². The first-order valence-corrected chi connectivity index (χ1v) is 7.85. The number of benzene rings is 1. The summed E-state index contributed by atoms with van der Waals surface area (Å²) in [6, 6.07) is 9.82. The van der Waals surface area contributed by atoms with Crippen LogP contribution in [0.15, 0.2) is 24.3 Å². The first-order valence-electron chi connectivity index (χ1n) is 7.85. The third-order valence-electron chi connectivity index (χ3n) is 4.31. The largest absolute Gasteiger partial charge is 0.330 e. The van der Waals surface area contributed by atoms with E-state index in [2.05, 4.69) is 36.1 Å². The normalized spacial score (nSPS) is 21.3. The number of rotatable bonds is 5. The van der Waals surface area contributed by atoms with Crippen molar-refractivity contribution in [3.05, 3.63) is 35.4 Å². The lowest BCUT2D eigenvalue weighted by atomic mass is 10.1. The smallest absolute Gasteiger partial charge is 0.0236 e. The van der Waals surface area contributed by atoms with Crippen LogP contribution in [0.2, 0.25) is 0 Å². The monoisotopic (exact) mass is 260 g/mol. The average Bonchev–Trinajstić information content (AvgIpc) is 2.66. The van der Waals surface area contributed by atoms with Crippen LogP contribution in [-0.2, 0) is 13.0 Å². The Hall–Kier alpha value is -0.860. The minimum atomic E-state index is 0.739. The molecule has 2 N–H and O–H groups in total. The van der Waals surface area contributed by atoms with E-state index in [0.29, 0.717) is 0 Å². The highest BCUT2D eigenvalue weighted by Gasteiger charge is 2.19. The summed E-state index contributed by atoms with van der Waals surface area (Å²) in [7, 11) is 0. The molecule has 1 unspecified atom stereocenters. The molecule has 0 aliphatic carbocycles. The molecule has 0 spiro atoms. The van der Waals surface area contributed by atoms with Gasteiger partial charge in [-0.2, -0.15) is 0 Å². The SMILES string of the molecule is CCC1CCCCCN1Cc1ccc(CCN)cc1. The van der Waals surface area contributed by atoms with Crippen LogP contribution in [0.4, 0.5) is 0 Å². The van der Waals surface area contributed by atoms with Gasteiger partial charge in [0.25, 0.3) is 0 Å². The van der Waals surface area contributed by atoms with Crippen LogP contribution in [0.25, 0.3) is 0 Å². The average molecular weight is 260 g/mol. The second-order valence-electron chi connectivity index (χ2n) is 5.74. The number of nitrogens with zero attached hydrogens (tertiary/aromatic N) is 1. The van der Waals surface area contributed by atoms with Crippen molar-refractivity contribution in [2.75, 3.05) is 13.1 Å². The van der Waals surface area contributed by atoms with E-state index in [-0.39, 0.29) is 0 Å². The zero-order chi connectivity index (χ0) is 13.5. The Morgan fingerprint density at radius 3 is 2.53 bits per heavy atom. The van der Waals surface area contributed by atoms with Gasteiger partial charge in [-0.25, -0.2) is 0 Å². The Morgan fingerprint density at radius 1 is 1.11 bits per heavy atom. The van der Waals surface area contributed by atoms with Crippen molar-refractivity contribution in [1.82, 2.24) is 4.90 Å². The van der Waals surface area contributed by atoms with E-state index in [9.17, 15) is 0 Å².